The van der Waals surface area contributed by atoms with Gasteiger partial charge in [-0.1, -0.05) is 38.1 Å². The number of carbonyl (C=O) groups excluding carboxylic acids is 3. The zero-order chi connectivity index (χ0) is 27.1. The monoisotopic (exact) mass is 527 g/mol. The Hall–Kier alpha value is -3.99. The van der Waals surface area contributed by atoms with Crippen LogP contribution in [0, 0.1) is 11.7 Å². The molecule has 196 valence electrons. The summed E-state index contributed by atoms with van der Waals surface area (Å²) in [6.45, 7) is 6.70. The number of ether oxygens (including phenoxy) is 1. The van der Waals surface area contributed by atoms with Gasteiger partial charge in [-0.05, 0) is 60.6 Å². The van der Waals surface area contributed by atoms with Gasteiger partial charge in [-0.15, -0.1) is 0 Å². The SMILES string of the molecule is CCOc1ccc([C@H](C(=O)NCCC(C)C)N(C(=O)c2snc(C(N)=O)c2N)c2ccccc2F)cc1. The van der Waals surface area contributed by atoms with Crippen molar-refractivity contribution in [1.82, 2.24) is 9.69 Å². The molecule has 0 fully saturated rings. The molecule has 3 aromatic rings. The summed E-state index contributed by atoms with van der Waals surface area (Å²) in [6, 6.07) is 11.0. The second-order valence-electron chi connectivity index (χ2n) is 8.64. The molecule has 3 amide bonds. The van der Waals surface area contributed by atoms with E-state index in [-0.39, 0.29) is 21.9 Å². The lowest BCUT2D eigenvalue weighted by Gasteiger charge is -2.31. The quantitative estimate of drug-likeness (QED) is 0.345. The van der Waals surface area contributed by atoms with Crippen molar-refractivity contribution in [3.05, 3.63) is 70.5 Å². The van der Waals surface area contributed by atoms with E-state index in [1.807, 2.05) is 20.8 Å². The molecule has 0 radical (unpaired) electrons. The Morgan fingerprint density at radius 1 is 1.14 bits per heavy atom. The van der Waals surface area contributed by atoms with Crippen LogP contribution in [0.2, 0.25) is 0 Å². The largest absolute Gasteiger partial charge is 0.494 e. The number of nitrogens with two attached hydrogens (primary N) is 2. The number of nitrogens with zero attached hydrogens (tertiary/aromatic N) is 2. The number of carbonyl (C=O) groups is 3. The predicted molar refractivity (Wildman–Crippen MR) is 141 cm³/mol. The Balaban J connectivity index is 2.16. The summed E-state index contributed by atoms with van der Waals surface area (Å²) in [7, 11) is 0. The first kappa shape index (κ1) is 27.6. The number of hydrogen-bond donors (Lipinski definition) is 3. The van der Waals surface area contributed by atoms with Crippen molar-refractivity contribution in [3.63, 3.8) is 0 Å². The third-order valence-corrected chi connectivity index (χ3v) is 6.37. The summed E-state index contributed by atoms with van der Waals surface area (Å²) in [6.07, 6.45) is 0.707. The molecule has 0 aliphatic carbocycles. The molecular weight excluding hydrogens is 497 g/mol. The number of halogens is 1. The van der Waals surface area contributed by atoms with E-state index in [9.17, 15) is 14.4 Å². The van der Waals surface area contributed by atoms with Crippen LogP contribution in [-0.4, -0.2) is 35.2 Å². The lowest BCUT2D eigenvalue weighted by Crippen LogP contribution is -2.44. The minimum Gasteiger partial charge on any atom is -0.494 e. The van der Waals surface area contributed by atoms with Crippen molar-refractivity contribution < 1.29 is 23.5 Å². The van der Waals surface area contributed by atoms with E-state index < -0.39 is 29.6 Å². The fraction of sp³-hybridized carbons (Fsp3) is 0.308. The molecule has 0 saturated heterocycles. The predicted octanol–water partition coefficient (Wildman–Crippen LogP) is 3.91. The number of nitrogen functional groups attached to an aromatic ring is 1. The van der Waals surface area contributed by atoms with Crippen molar-refractivity contribution >= 4 is 40.6 Å². The van der Waals surface area contributed by atoms with Crippen LogP contribution in [0.5, 0.6) is 5.75 Å². The first-order valence-electron chi connectivity index (χ1n) is 11.8. The Kier molecular flexibility index (Phi) is 9.18. The molecule has 0 aliphatic heterocycles. The molecule has 1 atom stereocenters. The number of benzene rings is 2. The van der Waals surface area contributed by atoms with Gasteiger partial charge in [0.2, 0.25) is 5.91 Å². The van der Waals surface area contributed by atoms with Gasteiger partial charge >= 0.3 is 0 Å². The molecular formula is C26H30FN5O4S. The zero-order valence-corrected chi connectivity index (χ0v) is 21.7. The molecule has 37 heavy (non-hydrogen) atoms. The zero-order valence-electron chi connectivity index (χ0n) is 20.9. The van der Waals surface area contributed by atoms with E-state index in [1.54, 1.807) is 30.3 Å². The number of primary amides is 1. The van der Waals surface area contributed by atoms with Crippen LogP contribution < -0.4 is 26.4 Å². The van der Waals surface area contributed by atoms with Crippen molar-refractivity contribution in [1.29, 1.82) is 0 Å². The van der Waals surface area contributed by atoms with E-state index >= 15 is 4.39 Å². The van der Waals surface area contributed by atoms with Gasteiger partial charge in [0.15, 0.2) is 5.69 Å². The van der Waals surface area contributed by atoms with E-state index in [1.165, 1.54) is 18.2 Å². The molecule has 0 aliphatic rings. The van der Waals surface area contributed by atoms with E-state index in [0.29, 0.717) is 48.3 Å². The highest BCUT2D eigenvalue weighted by atomic mass is 32.1. The smallest absolute Gasteiger partial charge is 0.273 e. The van der Waals surface area contributed by atoms with Crippen LogP contribution in [-0.2, 0) is 4.79 Å². The molecule has 9 nitrogen and oxygen atoms in total. The van der Waals surface area contributed by atoms with Gasteiger partial charge in [-0.25, -0.2) is 4.39 Å². The van der Waals surface area contributed by atoms with Crippen LogP contribution in [0.25, 0.3) is 0 Å². The van der Waals surface area contributed by atoms with Gasteiger partial charge in [0.1, 0.15) is 22.5 Å². The summed E-state index contributed by atoms with van der Waals surface area (Å²) in [4.78, 5) is 40.1. The van der Waals surface area contributed by atoms with E-state index in [2.05, 4.69) is 9.69 Å². The van der Waals surface area contributed by atoms with Crippen molar-refractivity contribution in [2.75, 3.05) is 23.8 Å². The second kappa shape index (κ2) is 12.3. The molecule has 0 bridgehead atoms. The Morgan fingerprint density at radius 2 is 1.81 bits per heavy atom. The standard InChI is InChI=1S/C26H30FN5O4S/c1-4-36-17-11-9-16(10-12-17)22(25(34)30-14-13-15(2)3)32(19-8-6-5-7-18(19)27)26(35)23-20(28)21(24(29)33)31-37-23/h5-12,15,22H,4,13-14,28H2,1-3H3,(H2,29,33)(H,30,34)/t22-/m1/s1. The number of hydrogen-bond acceptors (Lipinski definition) is 7. The summed E-state index contributed by atoms with van der Waals surface area (Å²) in [5, 5.41) is 2.86. The molecule has 0 saturated carbocycles. The maximum atomic E-state index is 15.1. The Morgan fingerprint density at radius 3 is 2.38 bits per heavy atom. The normalized spacial score (nSPS) is 11.7. The number of aromatic nitrogens is 1. The third kappa shape index (κ3) is 6.42. The second-order valence-corrected chi connectivity index (χ2v) is 9.42. The van der Waals surface area contributed by atoms with Gasteiger partial charge in [-0.2, -0.15) is 4.37 Å². The highest BCUT2D eigenvalue weighted by molar-refractivity contribution is 7.09. The number of amides is 3. The van der Waals surface area contributed by atoms with E-state index in [0.717, 1.165) is 4.90 Å². The van der Waals surface area contributed by atoms with Crippen LogP contribution >= 0.6 is 11.5 Å². The number of nitrogens with one attached hydrogen (secondary N) is 1. The Bertz CT molecular complexity index is 1260. The van der Waals surface area contributed by atoms with Crippen molar-refractivity contribution in [2.45, 2.75) is 33.2 Å². The van der Waals surface area contributed by atoms with Gasteiger partial charge in [0.05, 0.1) is 18.0 Å². The molecule has 1 aromatic heterocycles. The van der Waals surface area contributed by atoms with Crippen LogP contribution in [0.1, 0.15) is 59.0 Å². The maximum Gasteiger partial charge on any atom is 0.273 e. The summed E-state index contributed by atoms with van der Waals surface area (Å²) in [5.41, 5.74) is 11.1. The lowest BCUT2D eigenvalue weighted by molar-refractivity contribution is -0.122. The fourth-order valence-electron chi connectivity index (χ4n) is 3.66. The molecule has 0 unspecified atom stereocenters. The summed E-state index contributed by atoms with van der Waals surface area (Å²) >= 11 is 0.655. The van der Waals surface area contributed by atoms with Crippen LogP contribution in [0.15, 0.2) is 48.5 Å². The number of rotatable bonds is 11. The average molecular weight is 528 g/mol. The van der Waals surface area contributed by atoms with Crippen LogP contribution in [0.4, 0.5) is 15.8 Å². The first-order valence-corrected chi connectivity index (χ1v) is 12.6. The van der Waals surface area contributed by atoms with Gasteiger partial charge < -0.3 is 21.5 Å². The fourth-order valence-corrected chi connectivity index (χ4v) is 4.41. The number of anilines is 2. The topological polar surface area (TPSA) is 141 Å². The summed E-state index contributed by atoms with van der Waals surface area (Å²) in [5.74, 6) is -2.03. The van der Waals surface area contributed by atoms with E-state index in [4.69, 9.17) is 16.2 Å². The molecule has 5 N–H and O–H groups in total. The lowest BCUT2D eigenvalue weighted by atomic mass is 10.0. The minimum absolute atomic E-state index is 0.136. The molecule has 11 heteroatoms. The van der Waals surface area contributed by atoms with Crippen molar-refractivity contribution in [2.24, 2.45) is 11.7 Å². The minimum atomic E-state index is -1.27. The van der Waals surface area contributed by atoms with Gasteiger partial charge in [-0.3, -0.25) is 19.3 Å². The van der Waals surface area contributed by atoms with Gasteiger partial charge in [0.25, 0.3) is 11.8 Å². The molecule has 1 heterocycles. The molecule has 0 spiro atoms. The highest BCUT2D eigenvalue weighted by Gasteiger charge is 2.37. The molecule has 2 aromatic carbocycles. The Labute approximate surface area is 218 Å². The maximum absolute atomic E-state index is 15.1. The first-order chi connectivity index (χ1) is 17.6. The number of para-hydroxylation sites is 1. The highest BCUT2D eigenvalue weighted by Crippen LogP contribution is 2.35. The molecule has 3 rings (SSSR count). The van der Waals surface area contributed by atoms with Gasteiger partial charge in [0, 0.05) is 6.54 Å². The van der Waals surface area contributed by atoms with Crippen molar-refractivity contribution in [3.8, 4) is 5.75 Å². The van der Waals surface area contributed by atoms with Crippen LogP contribution in [0.3, 0.4) is 0 Å². The summed E-state index contributed by atoms with van der Waals surface area (Å²) < 4.78 is 24.6. The third-order valence-electron chi connectivity index (χ3n) is 5.52. The average Bonchev–Trinajstić information content (AvgIpc) is 3.25.